The molecule has 3 fully saturated rings. The van der Waals surface area contributed by atoms with E-state index in [0.29, 0.717) is 18.7 Å². The van der Waals surface area contributed by atoms with E-state index in [0.717, 1.165) is 49.7 Å². The molecule has 3 aliphatic heterocycles. The molecule has 1 unspecified atom stereocenters. The van der Waals surface area contributed by atoms with Crippen LogP contribution in [0.2, 0.25) is 0 Å². The Morgan fingerprint density at radius 2 is 1.92 bits per heavy atom. The molecule has 2 atom stereocenters. The fourth-order valence-corrected chi connectivity index (χ4v) is 4.81. The van der Waals surface area contributed by atoms with Gasteiger partial charge in [-0.3, -0.25) is 24.8 Å². The van der Waals surface area contributed by atoms with Gasteiger partial charge < -0.3 is 25.8 Å². The molecule has 1 aromatic heterocycles. The maximum absolute atomic E-state index is 13.4. The molecule has 13 nitrogen and oxygen atoms in total. The summed E-state index contributed by atoms with van der Waals surface area (Å²) in [5, 5.41) is 18.8. The van der Waals surface area contributed by atoms with Gasteiger partial charge in [-0.15, -0.1) is 0 Å². The van der Waals surface area contributed by atoms with Crippen molar-refractivity contribution in [2.45, 2.75) is 44.2 Å². The number of benzene rings is 1. The van der Waals surface area contributed by atoms with Crippen molar-refractivity contribution in [3.05, 3.63) is 24.4 Å². The molecule has 3 aliphatic rings. The minimum atomic E-state index is -0.769. The molecule has 5 N–H and O–H groups in total. The van der Waals surface area contributed by atoms with Gasteiger partial charge in [0.1, 0.15) is 12.1 Å². The van der Waals surface area contributed by atoms with Crippen LogP contribution in [0.25, 0.3) is 10.9 Å². The Hall–Kier alpha value is -4.16. The third-order valence-corrected chi connectivity index (χ3v) is 6.86. The van der Waals surface area contributed by atoms with Gasteiger partial charge >= 0.3 is 6.03 Å². The first kappa shape index (κ1) is 24.5. The number of fused-ring (bicyclic) bond motifs is 1. The van der Waals surface area contributed by atoms with Crippen LogP contribution < -0.4 is 21.3 Å². The molecule has 37 heavy (non-hydrogen) atoms. The number of aromatic amines is 1. The maximum Gasteiger partial charge on any atom is 0.315 e. The van der Waals surface area contributed by atoms with Crippen molar-refractivity contribution in [2.24, 2.45) is 4.99 Å². The average molecular weight is 510 g/mol. The van der Waals surface area contributed by atoms with Crippen molar-refractivity contribution in [3.8, 4) is 0 Å². The summed E-state index contributed by atoms with van der Waals surface area (Å²) in [5.41, 5.74) is 1.42. The molecule has 1 aromatic carbocycles. The molecule has 5 rings (SSSR count). The maximum atomic E-state index is 13.4. The van der Waals surface area contributed by atoms with Crippen LogP contribution in [0.15, 0.2) is 29.4 Å². The number of nitrogens with one attached hydrogen (secondary N) is 5. The first-order valence-corrected chi connectivity index (χ1v) is 12.7. The predicted molar refractivity (Wildman–Crippen MR) is 136 cm³/mol. The van der Waals surface area contributed by atoms with E-state index in [1.807, 2.05) is 18.2 Å². The van der Waals surface area contributed by atoms with E-state index in [9.17, 15) is 19.2 Å². The number of hydrogen-bond donors (Lipinski definition) is 5. The van der Waals surface area contributed by atoms with E-state index < -0.39 is 24.0 Å². The first-order valence-electron chi connectivity index (χ1n) is 12.7. The van der Waals surface area contributed by atoms with Crippen molar-refractivity contribution in [1.29, 1.82) is 0 Å². The summed E-state index contributed by atoms with van der Waals surface area (Å²) >= 11 is 0. The fraction of sp³-hybridized carbons (Fsp3) is 0.500. The van der Waals surface area contributed by atoms with Gasteiger partial charge in [-0.05, 0) is 50.3 Å². The SMILES string of the molecule is O=C1NCC(C(=O)NC(=N[C@H]2CCCCN(CC(=O)N3CCCC3)C2=O)Nc2ccc3cn[nH]c3c2)N1. The standard InChI is InChI=1S/C24H31N9O4/c34-20(32-8-3-4-9-32)14-33-10-2-1-5-17(22(33)36)28-23(30-21(35)19-13-25-24(37)29-19)27-16-7-6-15-12-26-31-18(15)11-16/h6-7,11-12,17,19H,1-5,8-10,13-14H2,(H,26,31)(H2,25,29,37)(H2,27,28,30,35)/t17-,19?/m0/s1. The van der Waals surface area contributed by atoms with Crippen LogP contribution in [0.3, 0.4) is 0 Å². The lowest BCUT2D eigenvalue weighted by atomic mass is 10.1. The number of urea groups is 1. The smallest absolute Gasteiger partial charge is 0.315 e. The van der Waals surface area contributed by atoms with Gasteiger partial charge in [0.05, 0.1) is 18.3 Å². The summed E-state index contributed by atoms with van der Waals surface area (Å²) < 4.78 is 0. The summed E-state index contributed by atoms with van der Waals surface area (Å²) in [5.74, 6) is -0.650. The topological polar surface area (TPSA) is 164 Å². The second-order valence-corrected chi connectivity index (χ2v) is 9.53. The zero-order valence-electron chi connectivity index (χ0n) is 20.5. The molecule has 0 aliphatic carbocycles. The Labute approximate surface area is 213 Å². The molecule has 3 saturated heterocycles. The average Bonchev–Trinajstić information content (AvgIpc) is 3.64. The van der Waals surface area contributed by atoms with E-state index in [1.165, 1.54) is 0 Å². The number of likely N-dealkylation sites (tertiary alicyclic amines) is 2. The molecule has 2 aromatic rings. The van der Waals surface area contributed by atoms with E-state index in [2.05, 4.69) is 36.5 Å². The molecule has 4 heterocycles. The number of rotatable bonds is 5. The van der Waals surface area contributed by atoms with Crippen LogP contribution in [0, 0.1) is 0 Å². The molecule has 5 amide bonds. The minimum absolute atomic E-state index is 0.0379. The zero-order chi connectivity index (χ0) is 25.8. The number of guanidine groups is 1. The fourth-order valence-electron chi connectivity index (χ4n) is 4.81. The normalized spacial score (nSPS) is 22.5. The lowest BCUT2D eigenvalue weighted by Crippen LogP contribution is -2.49. The van der Waals surface area contributed by atoms with Crippen molar-refractivity contribution in [3.63, 3.8) is 0 Å². The van der Waals surface area contributed by atoms with Gasteiger partial charge in [-0.2, -0.15) is 5.10 Å². The highest BCUT2D eigenvalue weighted by Crippen LogP contribution is 2.19. The molecule has 0 bridgehead atoms. The highest BCUT2D eigenvalue weighted by atomic mass is 16.2. The lowest BCUT2D eigenvalue weighted by molar-refractivity contribution is -0.140. The van der Waals surface area contributed by atoms with Gasteiger partial charge in [0.25, 0.3) is 5.91 Å². The quantitative estimate of drug-likeness (QED) is 0.284. The highest BCUT2D eigenvalue weighted by molar-refractivity contribution is 6.08. The summed E-state index contributed by atoms with van der Waals surface area (Å²) in [4.78, 5) is 58.5. The number of hydrogen-bond acceptors (Lipinski definition) is 6. The monoisotopic (exact) mass is 509 g/mol. The van der Waals surface area contributed by atoms with Crippen LogP contribution in [0.4, 0.5) is 10.5 Å². The van der Waals surface area contributed by atoms with E-state index in [1.54, 1.807) is 16.0 Å². The number of nitrogens with zero attached hydrogens (tertiary/aromatic N) is 4. The van der Waals surface area contributed by atoms with Gasteiger partial charge in [0.15, 0.2) is 0 Å². The summed E-state index contributed by atoms with van der Waals surface area (Å²) in [7, 11) is 0. The zero-order valence-corrected chi connectivity index (χ0v) is 20.5. The summed E-state index contributed by atoms with van der Waals surface area (Å²) in [6, 6.07) is 3.55. The Morgan fingerprint density at radius 1 is 1.11 bits per heavy atom. The number of H-pyrrole nitrogens is 1. The Balaban J connectivity index is 1.36. The molecule has 0 radical (unpaired) electrons. The number of carbonyl (C=O) groups is 4. The highest BCUT2D eigenvalue weighted by Gasteiger charge is 2.32. The van der Waals surface area contributed by atoms with Crippen LogP contribution >= 0.6 is 0 Å². The Bertz CT molecular complexity index is 1220. The van der Waals surface area contributed by atoms with Crippen LogP contribution in [0.5, 0.6) is 0 Å². The lowest BCUT2D eigenvalue weighted by Gasteiger charge is -2.25. The number of amides is 5. The minimum Gasteiger partial charge on any atom is -0.341 e. The number of aliphatic imine (C=N–C) groups is 1. The molecule has 0 saturated carbocycles. The van der Waals surface area contributed by atoms with E-state index >= 15 is 0 Å². The Kier molecular flexibility index (Phi) is 7.19. The van der Waals surface area contributed by atoms with E-state index in [-0.39, 0.29) is 30.9 Å². The van der Waals surface area contributed by atoms with Crippen molar-refractivity contribution in [2.75, 3.05) is 38.0 Å². The molecular formula is C24H31N9O4. The summed E-state index contributed by atoms with van der Waals surface area (Å²) in [6.07, 6.45) is 5.71. The van der Waals surface area contributed by atoms with Crippen LogP contribution in [-0.4, -0.2) is 94.5 Å². The first-order chi connectivity index (χ1) is 18.0. The van der Waals surface area contributed by atoms with Crippen LogP contribution in [0.1, 0.15) is 32.1 Å². The van der Waals surface area contributed by atoms with Crippen molar-refractivity contribution < 1.29 is 19.2 Å². The number of anilines is 1. The predicted octanol–water partition coefficient (Wildman–Crippen LogP) is 0.132. The largest absolute Gasteiger partial charge is 0.341 e. The van der Waals surface area contributed by atoms with Crippen molar-refractivity contribution in [1.82, 2.24) is 35.9 Å². The second kappa shape index (κ2) is 10.8. The molecule has 196 valence electrons. The van der Waals surface area contributed by atoms with Crippen molar-refractivity contribution >= 4 is 46.3 Å². The van der Waals surface area contributed by atoms with Gasteiger partial charge in [-0.1, -0.05) is 0 Å². The molecular weight excluding hydrogens is 478 g/mol. The second-order valence-electron chi connectivity index (χ2n) is 9.53. The Morgan fingerprint density at radius 3 is 2.70 bits per heavy atom. The van der Waals surface area contributed by atoms with Gasteiger partial charge in [-0.25, -0.2) is 9.79 Å². The molecule has 0 spiro atoms. The van der Waals surface area contributed by atoms with Gasteiger partial charge in [0, 0.05) is 37.3 Å². The third-order valence-electron chi connectivity index (χ3n) is 6.86. The van der Waals surface area contributed by atoms with E-state index in [4.69, 9.17) is 0 Å². The third kappa shape index (κ3) is 5.81. The van der Waals surface area contributed by atoms with Gasteiger partial charge in [0.2, 0.25) is 17.8 Å². The van der Waals surface area contributed by atoms with Crippen LogP contribution in [-0.2, 0) is 14.4 Å². The summed E-state index contributed by atoms with van der Waals surface area (Å²) in [6.45, 7) is 2.14. The number of carbonyl (C=O) groups excluding carboxylic acids is 4. The molecule has 13 heteroatoms. The number of aromatic nitrogens is 2.